The van der Waals surface area contributed by atoms with E-state index in [4.69, 9.17) is 10.1 Å². The van der Waals surface area contributed by atoms with E-state index in [-0.39, 0.29) is 6.42 Å². The number of thiazole rings is 1. The Labute approximate surface area is 192 Å². The monoisotopic (exact) mass is 538 g/mol. The van der Waals surface area contributed by atoms with E-state index in [2.05, 4.69) is 51.8 Å². The highest BCUT2D eigenvalue weighted by molar-refractivity contribution is 14.1. The lowest BCUT2D eigenvalue weighted by Crippen LogP contribution is -2.33. The van der Waals surface area contributed by atoms with Gasteiger partial charge in [0.15, 0.2) is 5.13 Å². The summed E-state index contributed by atoms with van der Waals surface area (Å²) in [6.07, 6.45) is 3.73. The van der Waals surface area contributed by atoms with Crippen molar-refractivity contribution in [1.82, 2.24) is 4.98 Å². The molecule has 3 aromatic rings. The number of hydrogen-bond acceptors (Lipinski definition) is 5. The quantitative estimate of drug-likeness (QED) is 0.299. The van der Waals surface area contributed by atoms with Gasteiger partial charge >= 0.3 is 5.97 Å². The summed E-state index contributed by atoms with van der Waals surface area (Å²) < 4.78 is 2.53. The number of aliphatic carboxylic acids is 1. The number of halogens is 1. The van der Waals surface area contributed by atoms with Crippen molar-refractivity contribution in [3.63, 3.8) is 0 Å². The molecule has 0 amide bonds. The topological polar surface area (TPSA) is 53.4 Å². The maximum atomic E-state index is 10.9. The van der Waals surface area contributed by atoms with Gasteiger partial charge in [-0.1, -0.05) is 23.5 Å². The van der Waals surface area contributed by atoms with E-state index in [0.29, 0.717) is 0 Å². The molecule has 1 aliphatic heterocycles. The molecule has 1 fully saturated rings. The standard InChI is InChI=1S/C22H23IN2O2S2/c23-17-4-5-19-20(14-17)29-22(24-19)25-9-6-15(7-10-25)8-11-28-18-3-1-2-16(12-18)13-21(26)27/h1-5,12,14-15H,6-11,13H2,(H,26,27). The van der Waals surface area contributed by atoms with E-state index < -0.39 is 5.97 Å². The Morgan fingerprint density at radius 3 is 2.86 bits per heavy atom. The summed E-state index contributed by atoms with van der Waals surface area (Å²) >= 11 is 6.00. The van der Waals surface area contributed by atoms with Gasteiger partial charge in [-0.05, 0) is 89.4 Å². The zero-order valence-corrected chi connectivity index (χ0v) is 19.8. The zero-order chi connectivity index (χ0) is 20.2. The van der Waals surface area contributed by atoms with Crippen molar-refractivity contribution in [1.29, 1.82) is 0 Å². The van der Waals surface area contributed by atoms with E-state index in [1.54, 1.807) is 11.3 Å². The van der Waals surface area contributed by atoms with Gasteiger partial charge in [0.25, 0.3) is 0 Å². The first kappa shape index (κ1) is 20.9. The molecule has 0 spiro atoms. The lowest BCUT2D eigenvalue weighted by atomic mass is 9.95. The summed E-state index contributed by atoms with van der Waals surface area (Å²) in [5.74, 6) is 1.07. The molecule has 1 aromatic heterocycles. The normalized spacial score (nSPS) is 15.1. The van der Waals surface area contributed by atoms with Gasteiger partial charge in [0, 0.05) is 21.6 Å². The van der Waals surface area contributed by atoms with E-state index in [0.717, 1.165) is 41.0 Å². The number of thioether (sulfide) groups is 1. The van der Waals surface area contributed by atoms with Crippen LogP contribution in [0.25, 0.3) is 10.2 Å². The van der Waals surface area contributed by atoms with Crippen molar-refractivity contribution in [2.75, 3.05) is 23.7 Å². The summed E-state index contributed by atoms with van der Waals surface area (Å²) in [6, 6.07) is 14.4. The van der Waals surface area contributed by atoms with Crippen LogP contribution < -0.4 is 4.90 Å². The molecule has 29 heavy (non-hydrogen) atoms. The van der Waals surface area contributed by atoms with Crippen LogP contribution >= 0.6 is 45.7 Å². The molecule has 0 aliphatic carbocycles. The Hall–Kier alpha value is -1.32. The van der Waals surface area contributed by atoms with Crippen molar-refractivity contribution in [3.8, 4) is 0 Å². The van der Waals surface area contributed by atoms with Crippen LogP contribution in [0.1, 0.15) is 24.8 Å². The molecular formula is C22H23IN2O2S2. The van der Waals surface area contributed by atoms with Crippen LogP contribution in [0.4, 0.5) is 5.13 Å². The summed E-state index contributed by atoms with van der Waals surface area (Å²) in [5.41, 5.74) is 1.98. The number of nitrogens with zero attached hydrogens (tertiary/aromatic N) is 2. The number of piperidine rings is 1. The smallest absolute Gasteiger partial charge is 0.307 e. The van der Waals surface area contributed by atoms with Crippen LogP contribution in [0.15, 0.2) is 47.4 Å². The minimum atomic E-state index is -0.776. The lowest BCUT2D eigenvalue weighted by Gasteiger charge is -2.31. The molecular weight excluding hydrogens is 515 g/mol. The Morgan fingerprint density at radius 2 is 2.07 bits per heavy atom. The van der Waals surface area contributed by atoms with Crippen LogP contribution in [0.3, 0.4) is 0 Å². The Morgan fingerprint density at radius 1 is 1.24 bits per heavy atom. The van der Waals surface area contributed by atoms with Gasteiger partial charge in [-0.15, -0.1) is 11.8 Å². The van der Waals surface area contributed by atoms with Crippen molar-refractivity contribution < 1.29 is 9.90 Å². The lowest BCUT2D eigenvalue weighted by molar-refractivity contribution is -0.136. The zero-order valence-electron chi connectivity index (χ0n) is 16.0. The number of benzene rings is 2. The van der Waals surface area contributed by atoms with Crippen LogP contribution in [-0.4, -0.2) is 34.9 Å². The first-order valence-corrected chi connectivity index (χ1v) is 12.7. The van der Waals surface area contributed by atoms with Crippen molar-refractivity contribution in [2.24, 2.45) is 5.92 Å². The second-order valence-electron chi connectivity index (χ2n) is 7.39. The van der Waals surface area contributed by atoms with E-state index >= 15 is 0 Å². The molecule has 2 heterocycles. The van der Waals surface area contributed by atoms with Crippen LogP contribution in [0, 0.1) is 9.49 Å². The van der Waals surface area contributed by atoms with Gasteiger partial charge in [-0.2, -0.15) is 0 Å². The van der Waals surface area contributed by atoms with Crippen molar-refractivity contribution in [3.05, 3.63) is 51.6 Å². The van der Waals surface area contributed by atoms with Gasteiger partial charge in [-0.25, -0.2) is 4.98 Å². The average molecular weight is 538 g/mol. The van der Waals surface area contributed by atoms with E-state index in [9.17, 15) is 4.79 Å². The fourth-order valence-electron chi connectivity index (χ4n) is 3.70. The molecule has 4 rings (SSSR count). The van der Waals surface area contributed by atoms with Gasteiger partial charge in [-0.3, -0.25) is 4.79 Å². The number of carbonyl (C=O) groups is 1. The van der Waals surface area contributed by atoms with Gasteiger partial charge < -0.3 is 10.0 Å². The van der Waals surface area contributed by atoms with Crippen molar-refractivity contribution >= 4 is 67.0 Å². The number of anilines is 1. The minimum absolute atomic E-state index is 0.0950. The summed E-state index contributed by atoms with van der Waals surface area (Å²) in [6.45, 7) is 2.17. The minimum Gasteiger partial charge on any atom is -0.481 e. The molecule has 2 aromatic carbocycles. The SMILES string of the molecule is O=C(O)Cc1cccc(SCCC2CCN(c3nc4ccc(I)cc4s3)CC2)c1. The Bertz CT molecular complexity index is 999. The molecule has 4 nitrogen and oxygen atoms in total. The third-order valence-electron chi connectivity index (χ3n) is 5.27. The fraction of sp³-hybridized carbons (Fsp3) is 0.364. The number of rotatable bonds is 7. The van der Waals surface area contributed by atoms with Crippen LogP contribution in [0.2, 0.25) is 0 Å². The molecule has 0 saturated carbocycles. The van der Waals surface area contributed by atoms with Crippen LogP contribution in [-0.2, 0) is 11.2 Å². The predicted octanol–water partition coefficient (Wildman–Crippen LogP) is 5.93. The maximum Gasteiger partial charge on any atom is 0.307 e. The number of carboxylic acids is 1. The largest absolute Gasteiger partial charge is 0.481 e. The highest BCUT2D eigenvalue weighted by Gasteiger charge is 2.21. The molecule has 0 atom stereocenters. The van der Waals surface area contributed by atoms with E-state index in [1.165, 1.54) is 32.4 Å². The molecule has 1 N–H and O–H groups in total. The fourth-order valence-corrected chi connectivity index (χ4v) is 6.55. The van der Waals surface area contributed by atoms with Crippen molar-refractivity contribution in [2.45, 2.75) is 30.6 Å². The van der Waals surface area contributed by atoms with Gasteiger partial charge in [0.1, 0.15) is 0 Å². The number of carboxylic acid groups (broad SMARTS) is 1. The first-order valence-electron chi connectivity index (χ1n) is 9.81. The summed E-state index contributed by atoms with van der Waals surface area (Å²) in [4.78, 5) is 19.3. The Balaban J connectivity index is 1.25. The third kappa shape index (κ3) is 5.64. The second kappa shape index (κ2) is 9.66. The first-order chi connectivity index (χ1) is 14.1. The molecule has 0 bridgehead atoms. The highest BCUT2D eigenvalue weighted by atomic mass is 127. The average Bonchev–Trinajstić information content (AvgIpc) is 3.11. The molecule has 0 unspecified atom stereocenters. The van der Waals surface area contributed by atoms with Crippen LogP contribution in [0.5, 0.6) is 0 Å². The molecule has 1 aliphatic rings. The number of aromatic nitrogens is 1. The highest BCUT2D eigenvalue weighted by Crippen LogP contribution is 2.33. The second-order valence-corrected chi connectivity index (χ2v) is 10.8. The molecule has 152 valence electrons. The molecule has 1 saturated heterocycles. The maximum absolute atomic E-state index is 10.9. The summed E-state index contributed by atoms with van der Waals surface area (Å²) in [5, 5.41) is 10.1. The predicted molar refractivity (Wildman–Crippen MR) is 130 cm³/mol. The van der Waals surface area contributed by atoms with E-state index in [1.807, 2.05) is 30.0 Å². The van der Waals surface area contributed by atoms with Gasteiger partial charge in [0.05, 0.1) is 16.6 Å². The molecule has 7 heteroatoms. The Kier molecular flexibility index (Phi) is 6.97. The van der Waals surface area contributed by atoms with Gasteiger partial charge in [0.2, 0.25) is 0 Å². The third-order valence-corrected chi connectivity index (χ3v) is 8.05. The number of hydrogen-bond donors (Lipinski definition) is 1. The summed E-state index contributed by atoms with van der Waals surface area (Å²) in [7, 11) is 0. The number of fused-ring (bicyclic) bond motifs is 1. The molecule has 0 radical (unpaired) electrons.